The zero-order valence-electron chi connectivity index (χ0n) is 23.1. The number of rotatable bonds is 12. The first-order valence-corrected chi connectivity index (χ1v) is 14.7. The van der Waals surface area contributed by atoms with E-state index in [0.717, 1.165) is 4.31 Å². The lowest BCUT2D eigenvalue weighted by Crippen LogP contribution is -2.40. The van der Waals surface area contributed by atoms with Gasteiger partial charge >= 0.3 is 5.97 Å². The number of nitrogens with two attached hydrogens (primary N) is 2. The largest absolute Gasteiger partial charge is 0.489 e. The summed E-state index contributed by atoms with van der Waals surface area (Å²) in [6.45, 7) is 4.44. The van der Waals surface area contributed by atoms with E-state index >= 15 is 0 Å². The molecule has 6 N–H and O–H groups in total. The Hall–Kier alpha value is -4.39. The number of benzene rings is 2. The Kier molecular flexibility index (Phi) is 10.5. The fourth-order valence-corrected chi connectivity index (χ4v) is 5.65. The van der Waals surface area contributed by atoms with Crippen molar-refractivity contribution in [1.82, 2.24) is 4.90 Å². The second-order valence-electron chi connectivity index (χ2n) is 9.47. The molecule has 1 heterocycles. The lowest BCUT2D eigenvalue weighted by atomic mass is 10.1. The maximum atomic E-state index is 13.3. The van der Waals surface area contributed by atoms with Gasteiger partial charge in [0.1, 0.15) is 17.7 Å². The van der Waals surface area contributed by atoms with Gasteiger partial charge in [0, 0.05) is 31.5 Å². The summed E-state index contributed by atoms with van der Waals surface area (Å²) in [4.78, 5) is 26.5. The molecule has 0 aliphatic carbocycles. The van der Waals surface area contributed by atoms with Crippen LogP contribution in [-0.2, 0) is 19.6 Å². The first-order chi connectivity index (χ1) is 19.4. The quantitative estimate of drug-likeness (QED) is 0.166. The monoisotopic (exact) mass is 584 g/mol. The van der Waals surface area contributed by atoms with Crippen LogP contribution in [0.15, 0.2) is 48.5 Å². The van der Waals surface area contributed by atoms with Gasteiger partial charge in [0.15, 0.2) is 5.75 Å². The molecule has 0 spiro atoms. The van der Waals surface area contributed by atoms with Crippen molar-refractivity contribution in [3.05, 3.63) is 65.2 Å². The number of ether oxygens (including phenoxy) is 2. The van der Waals surface area contributed by atoms with Crippen LogP contribution in [0.4, 0.5) is 5.69 Å². The summed E-state index contributed by atoms with van der Waals surface area (Å²) in [6.07, 6.45) is 4.33. The van der Waals surface area contributed by atoms with Crippen LogP contribution < -0.4 is 20.5 Å². The molecule has 0 aromatic heterocycles. The number of hydrogen-bond acceptors (Lipinski definition) is 8. The van der Waals surface area contributed by atoms with Gasteiger partial charge in [-0.1, -0.05) is 30.4 Å². The summed E-state index contributed by atoms with van der Waals surface area (Å²) >= 11 is 0. The molecule has 0 radical (unpaired) electrons. The maximum Gasteiger partial charge on any atom is 0.323 e. The third kappa shape index (κ3) is 8.55. The van der Waals surface area contributed by atoms with Crippen molar-refractivity contribution in [2.75, 3.05) is 36.3 Å². The van der Waals surface area contributed by atoms with Gasteiger partial charge in [-0.05, 0) is 43.7 Å². The van der Waals surface area contributed by atoms with Crippen LogP contribution in [0.2, 0.25) is 0 Å². The third-order valence-electron chi connectivity index (χ3n) is 6.45. The second kappa shape index (κ2) is 13.8. The first-order valence-electron chi connectivity index (χ1n) is 13.1. The molecular formula is C28H36N6O6S. The molecule has 41 heavy (non-hydrogen) atoms. The van der Waals surface area contributed by atoms with Crippen molar-refractivity contribution in [1.29, 1.82) is 10.8 Å². The molecule has 1 aliphatic rings. The molecule has 3 rings (SSSR count). The van der Waals surface area contributed by atoms with E-state index in [1.54, 1.807) is 50.3 Å². The molecule has 0 saturated carbocycles. The molecule has 0 bridgehead atoms. The van der Waals surface area contributed by atoms with Crippen molar-refractivity contribution in [2.45, 2.75) is 32.8 Å². The highest BCUT2D eigenvalue weighted by Crippen LogP contribution is 2.29. The summed E-state index contributed by atoms with van der Waals surface area (Å²) in [5, 5.41) is 15.4. The van der Waals surface area contributed by atoms with Crippen LogP contribution in [0, 0.1) is 10.8 Å². The molecule has 0 unspecified atom stereocenters. The number of esters is 1. The van der Waals surface area contributed by atoms with Crippen LogP contribution in [0.5, 0.6) is 5.75 Å². The lowest BCUT2D eigenvalue weighted by molar-refractivity contribution is -0.139. The Morgan fingerprint density at radius 3 is 2.44 bits per heavy atom. The van der Waals surface area contributed by atoms with Crippen LogP contribution in [0.1, 0.15) is 48.2 Å². The van der Waals surface area contributed by atoms with Crippen molar-refractivity contribution in [2.24, 2.45) is 11.5 Å². The molecule has 0 atom stereocenters. The fraction of sp³-hybridized carbons (Fsp3) is 0.357. The smallest absolute Gasteiger partial charge is 0.323 e. The average molecular weight is 585 g/mol. The lowest BCUT2D eigenvalue weighted by Gasteiger charge is -2.33. The predicted octanol–water partition coefficient (Wildman–Crippen LogP) is 2.32. The van der Waals surface area contributed by atoms with E-state index in [2.05, 4.69) is 0 Å². The van der Waals surface area contributed by atoms with Gasteiger partial charge in [-0.3, -0.25) is 24.7 Å². The molecule has 220 valence electrons. The fourth-order valence-electron chi connectivity index (χ4n) is 4.36. The SMILES string of the molecule is CCOC(=O)CS(=O)(=O)N(CC=Cc1cccc(C(=N)N)c1)c1ccc(OC2CCN(C(C)=N)CC2)c(C(N)=O)c1. The molecule has 1 saturated heterocycles. The van der Waals surface area contributed by atoms with Crippen molar-refractivity contribution in [3.63, 3.8) is 0 Å². The molecular weight excluding hydrogens is 548 g/mol. The number of carbonyl (C=O) groups is 2. The van der Waals surface area contributed by atoms with Crippen LogP contribution >= 0.6 is 0 Å². The Bertz CT molecular complexity index is 1430. The van der Waals surface area contributed by atoms with Gasteiger partial charge in [0.2, 0.25) is 10.0 Å². The number of sulfonamides is 1. The van der Waals surface area contributed by atoms with E-state index in [-0.39, 0.29) is 42.1 Å². The Morgan fingerprint density at radius 1 is 1.12 bits per heavy atom. The zero-order chi connectivity index (χ0) is 30.2. The Balaban J connectivity index is 1.91. The first kappa shape index (κ1) is 31.1. The number of nitrogens with one attached hydrogen (secondary N) is 2. The zero-order valence-corrected chi connectivity index (χ0v) is 23.9. The number of piperidine rings is 1. The molecule has 1 fully saturated rings. The number of carbonyl (C=O) groups excluding carboxylic acids is 2. The van der Waals surface area contributed by atoms with E-state index < -0.39 is 27.7 Å². The van der Waals surface area contributed by atoms with Gasteiger partial charge in [-0.15, -0.1) is 0 Å². The van der Waals surface area contributed by atoms with Gasteiger partial charge in [-0.25, -0.2) is 8.42 Å². The maximum absolute atomic E-state index is 13.3. The van der Waals surface area contributed by atoms with Crippen LogP contribution in [-0.4, -0.2) is 75.0 Å². The van der Waals surface area contributed by atoms with Gasteiger partial charge in [0.05, 0.1) is 30.2 Å². The van der Waals surface area contributed by atoms with E-state index in [1.807, 2.05) is 4.90 Å². The number of amides is 1. The summed E-state index contributed by atoms with van der Waals surface area (Å²) in [5.41, 5.74) is 12.5. The highest BCUT2D eigenvalue weighted by molar-refractivity contribution is 7.93. The normalized spacial score (nSPS) is 14.0. The minimum atomic E-state index is -4.23. The minimum Gasteiger partial charge on any atom is -0.489 e. The number of hydrogen-bond donors (Lipinski definition) is 4. The number of anilines is 1. The Morgan fingerprint density at radius 2 is 1.83 bits per heavy atom. The number of nitrogens with zero attached hydrogens (tertiary/aromatic N) is 2. The van der Waals surface area contributed by atoms with Gasteiger partial charge < -0.3 is 25.8 Å². The summed E-state index contributed by atoms with van der Waals surface area (Å²) < 4.78 is 38.6. The minimum absolute atomic E-state index is 0.00244. The van der Waals surface area contributed by atoms with Crippen molar-refractivity contribution < 1.29 is 27.5 Å². The molecule has 1 aliphatic heterocycles. The molecule has 13 heteroatoms. The summed E-state index contributed by atoms with van der Waals surface area (Å²) in [6, 6.07) is 11.2. The molecule has 12 nitrogen and oxygen atoms in total. The van der Waals surface area contributed by atoms with E-state index in [9.17, 15) is 18.0 Å². The van der Waals surface area contributed by atoms with E-state index in [1.165, 1.54) is 18.2 Å². The van der Waals surface area contributed by atoms with Gasteiger partial charge in [-0.2, -0.15) is 0 Å². The molecule has 1 amide bonds. The second-order valence-corrected chi connectivity index (χ2v) is 11.4. The Labute approximate surface area is 240 Å². The van der Waals surface area contributed by atoms with E-state index in [0.29, 0.717) is 42.9 Å². The van der Waals surface area contributed by atoms with Crippen molar-refractivity contribution >= 4 is 45.3 Å². The average Bonchev–Trinajstić information content (AvgIpc) is 2.91. The molecule has 2 aromatic rings. The van der Waals surface area contributed by atoms with Gasteiger partial charge in [0.25, 0.3) is 5.91 Å². The van der Waals surface area contributed by atoms with Crippen molar-refractivity contribution in [3.8, 4) is 5.75 Å². The summed E-state index contributed by atoms with van der Waals surface area (Å²) in [7, 11) is -4.23. The molecule has 2 aromatic carbocycles. The summed E-state index contributed by atoms with van der Waals surface area (Å²) in [5.74, 6) is -1.99. The number of primary amides is 1. The van der Waals surface area contributed by atoms with Crippen LogP contribution in [0.25, 0.3) is 6.08 Å². The highest BCUT2D eigenvalue weighted by atomic mass is 32.2. The number of amidine groups is 2. The third-order valence-corrected chi connectivity index (χ3v) is 8.08. The topological polar surface area (TPSA) is 193 Å². The van der Waals surface area contributed by atoms with Crippen LogP contribution in [0.3, 0.4) is 0 Å². The number of nitrogen functional groups attached to an aromatic ring is 1. The van der Waals surface area contributed by atoms with E-state index in [4.69, 9.17) is 31.8 Å². The predicted molar refractivity (Wildman–Crippen MR) is 158 cm³/mol. The number of likely N-dealkylation sites (tertiary alicyclic amines) is 1. The highest BCUT2D eigenvalue weighted by Gasteiger charge is 2.28. The standard InChI is InChI=1S/C28H36N6O6S/c1-3-39-26(35)18-41(37,38)34(13-5-7-20-6-4-8-21(16-20)27(30)31)22-9-10-25(24(17-22)28(32)36)40-23-11-14-33(15-12-23)19(2)29/h4-10,16-17,23,29H,3,11-15,18H2,1-2H3,(H3,30,31)(H2,32,36).